The summed E-state index contributed by atoms with van der Waals surface area (Å²) in [5.41, 5.74) is -0.219. The number of nitrogens with zero attached hydrogens (tertiary/aromatic N) is 1. The molecule has 0 saturated heterocycles. The van der Waals surface area contributed by atoms with E-state index in [4.69, 9.17) is 0 Å². The van der Waals surface area contributed by atoms with Crippen LogP contribution in [0.3, 0.4) is 0 Å². The Balaban J connectivity index is 2.67. The second kappa shape index (κ2) is 3.55. The van der Waals surface area contributed by atoms with Crippen LogP contribution in [0.15, 0.2) is 0 Å². The zero-order valence-corrected chi connectivity index (χ0v) is 9.32. The third-order valence-corrected chi connectivity index (χ3v) is 4.28. The highest BCUT2D eigenvalue weighted by atomic mass is 32.2. The first-order valence-electron chi connectivity index (χ1n) is 4.57. The van der Waals surface area contributed by atoms with Gasteiger partial charge in [-0.05, 0) is 19.8 Å². The van der Waals surface area contributed by atoms with Gasteiger partial charge in [-0.2, -0.15) is 17.4 Å². The molecule has 0 aromatic rings. The van der Waals surface area contributed by atoms with Gasteiger partial charge in [0.15, 0.2) is 0 Å². The van der Waals surface area contributed by atoms with E-state index in [0.717, 1.165) is 25.7 Å². The van der Waals surface area contributed by atoms with Gasteiger partial charge >= 0.3 is 0 Å². The first kappa shape index (κ1) is 10.9. The van der Waals surface area contributed by atoms with Gasteiger partial charge in [-0.1, -0.05) is 12.8 Å². The molecule has 1 rings (SSSR count). The summed E-state index contributed by atoms with van der Waals surface area (Å²) >= 11 is 0. The van der Waals surface area contributed by atoms with E-state index >= 15 is 0 Å². The Labute approximate surface area is 80.5 Å². The zero-order valence-electron chi connectivity index (χ0n) is 8.50. The summed E-state index contributed by atoms with van der Waals surface area (Å²) in [5, 5.41) is 0. The third-order valence-electron chi connectivity index (χ3n) is 2.56. The van der Waals surface area contributed by atoms with Crippen LogP contribution >= 0.6 is 0 Å². The molecule has 0 heterocycles. The molecule has 0 spiro atoms. The molecule has 1 saturated carbocycles. The van der Waals surface area contributed by atoms with E-state index in [0.29, 0.717) is 0 Å². The van der Waals surface area contributed by atoms with Crippen LogP contribution in [0.5, 0.6) is 0 Å². The van der Waals surface area contributed by atoms with E-state index in [-0.39, 0.29) is 5.54 Å². The molecule has 0 radical (unpaired) electrons. The smallest absolute Gasteiger partial charge is 0.196 e. The lowest BCUT2D eigenvalue weighted by molar-refractivity contribution is 0.406. The van der Waals surface area contributed by atoms with E-state index in [2.05, 4.69) is 4.72 Å². The maximum atomic E-state index is 11.5. The van der Waals surface area contributed by atoms with E-state index in [1.807, 2.05) is 6.92 Å². The largest absolute Gasteiger partial charge is 0.279 e. The minimum atomic E-state index is -3.26. The van der Waals surface area contributed by atoms with Crippen molar-refractivity contribution in [2.24, 2.45) is 0 Å². The second-order valence-electron chi connectivity index (χ2n) is 4.16. The molecule has 0 bridgehead atoms. The minimum absolute atomic E-state index is 0.219. The standard InChI is InChI=1S/C8H18N2O2S/c1-8(6-4-5-7-8)9-13(11,12)10(2)3/h9H,4-7H2,1-3H3. The lowest BCUT2D eigenvalue weighted by Gasteiger charge is -2.26. The summed E-state index contributed by atoms with van der Waals surface area (Å²) in [6.07, 6.45) is 4.12. The molecule has 0 aromatic heterocycles. The van der Waals surface area contributed by atoms with Crippen LogP contribution in [0.2, 0.25) is 0 Å². The van der Waals surface area contributed by atoms with Gasteiger partial charge in [0.1, 0.15) is 0 Å². The van der Waals surface area contributed by atoms with Crippen molar-refractivity contribution in [2.45, 2.75) is 38.1 Å². The van der Waals surface area contributed by atoms with E-state index in [1.54, 1.807) is 14.1 Å². The molecule has 1 fully saturated rings. The summed E-state index contributed by atoms with van der Waals surface area (Å²) in [4.78, 5) is 0. The van der Waals surface area contributed by atoms with Crippen LogP contribution in [0.4, 0.5) is 0 Å². The number of hydrogen-bond acceptors (Lipinski definition) is 2. The van der Waals surface area contributed by atoms with Crippen molar-refractivity contribution in [3.8, 4) is 0 Å². The topological polar surface area (TPSA) is 49.4 Å². The molecular formula is C8H18N2O2S. The predicted octanol–water partition coefficient (Wildman–Crippen LogP) is 0.715. The Morgan fingerprint density at radius 3 is 2.08 bits per heavy atom. The van der Waals surface area contributed by atoms with Crippen molar-refractivity contribution < 1.29 is 8.42 Å². The van der Waals surface area contributed by atoms with Crippen LogP contribution in [-0.4, -0.2) is 32.4 Å². The molecule has 0 atom stereocenters. The summed E-state index contributed by atoms with van der Waals surface area (Å²) < 4.78 is 27.0. The quantitative estimate of drug-likeness (QED) is 0.739. The summed E-state index contributed by atoms with van der Waals surface area (Å²) in [6, 6.07) is 0. The highest BCUT2D eigenvalue weighted by Gasteiger charge is 2.33. The minimum Gasteiger partial charge on any atom is -0.196 e. The fourth-order valence-corrected chi connectivity index (χ4v) is 2.67. The van der Waals surface area contributed by atoms with Gasteiger partial charge in [-0.25, -0.2) is 0 Å². The summed E-state index contributed by atoms with van der Waals surface area (Å²) in [5.74, 6) is 0. The van der Waals surface area contributed by atoms with Crippen LogP contribution in [0.1, 0.15) is 32.6 Å². The van der Waals surface area contributed by atoms with E-state index in [1.165, 1.54) is 4.31 Å². The van der Waals surface area contributed by atoms with Gasteiger partial charge in [0, 0.05) is 19.6 Å². The lowest BCUT2D eigenvalue weighted by atomic mass is 10.0. The first-order chi connectivity index (χ1) is 5.86. The van der Waals surface area contributed by atoms with Crippen LogP contribution in [0.25, 0.3) is 0 Å². The predicted molar refractivity (Wildman–Crippen MR) is 52.6 cm³/mol. The van der Waals surface area contributed by atoms with Crippen LogP contribution < -0.4 is 4.72 Å². The molecule has 1 N–H and O–H groups in total. The third kappa shape index (κ3) is 2.65. The zero-order chi connectivity index (χ0) is 10.1. The van der Waals surface area contributed by atoms with Crippen molar-refractivity contribution >= 4 is 10.2 Å². The fraction of sp³-hybridized carbons (Fsp3) is 1.00. The van der Waals surface area contributed by atoms with Gasteiger partial charge < -0.3 is 0 Å². The normalized spacial score (nSPS) is 22.5. The van der Waals surface area contributed by atoms with Gasteiger partial charge in [0.2, 0.25) is 0 Å². The number of nitrogens with one attached hydrogen (secondary N) is 1. The van der Waals surface area contributed by atoms with E-state index in [9.17, 15) is 8.42 Å². The summed E-state index contributed by atoms with van der Waals surface area (Å²) in [6.45, 7) is 1.97. The maximum absolute atomic E-state index is 11.5. The average Bonchev–Trinajstić information content (AvgIpc) is 2.34. The van der Waals surface area contributed by atoms with E-state index < -0.39 is 10.2 Å². The summed E-state index contributed by atoms with van der Waals surface area (Å²) in [7, 11) is -0.172. The lowest BCUT2D eigenvalue weighted by Crippen LogP contribution is -2.48. The number of rotatable bonds is 3. The van der Waals surface area contributed by atoms with Crippen molar-refractivity contribution in [3.63, 3.8) is 0 Å². The van der Waals surface area contributed by atoms with Crippen molar-refractivity contribution in [2.75, 3.05) is 14.1 Å². The molecule has 0 amide bonds. The van der Waals surface area contributed by atoms with Gasteiger partial charge in [-0.3, -0.25) is 0 Å². The number of hydrogen-bond donors (Lipinski definition) is 1. The molecular weight excluding hydrogens is 188 g/mol. The molecule has 0 aromatic carbocycles. The highest BCUT2D eigenvalue weighted by Crippen LogP contribution is 2.29. The molecule has 4 nitrogen and oxygen atoms in total. The van der Waals surface area contributed by atoms with Gasteiger partial charge in [-0.15, -0.1) is 0 Å². The monoisotopic (exact) mass is 206 g/mol. The van der Waals surface area contributed by atoms with Crippen molar-refractivity contribution in [3.05, 3.63) is 0 Å². The molecule has 0 aliphatic heterocycles. The maximum Gasteiger partial charge on any atom is 0.279 e. The Morgan fingerprint density at radius 2 is 1.69 bits per heavy atom. The Morgan fingerprint density at radius 1 is 1.23 bits per heavy atom. The SMILES string of the molecule is CN(C)S(=O)(=O)NC1(C)CCCC1. The Bertz CT molecular complexity index is 266. The first-order valence-corrected chi connectivity index (χ1v) is 6.01. The fourth-order valence-electron chi connectivity index (χ4n) is 1.66. The molecule has 1 aliphatic rings. The molecule has 13 heavy (non-hydrogen) atoms. The molecule has 78 valence electrons. The van der Waals surface area contributed by atoms with Crippen molar-refractivity contribution in [1.82, 2.24) is 9.03 Å². The van der Waals surface area contributed by atoms with Gasteiger partial charge in [0.05, 0.1) is 0 Å². The van der Waals surface area contributed by atoms with Crippen molar-refractivity contribution in [1.29, 1.82) is 0 Å². The highest BCUT2D eigenvalue weighted by molar-refractivity contribution is 7.87. The van der Waals surface area contributed by atoms with Crippen LogP contribution in [-0.2, 0) is 10.2 Å². The van der Waals surface area contributed by atoms with Crippen LogP contribution in [0, 0.1) is 0 Å². The Hall–Kier alpha value is -0.130. The Kier molecular flexibility index (Phi) is 2.99. The molecule has 5 heteroatoms. The second-order valence-corrected chi connectivity index (χ2v) is 6.04. The molecule has 1 aliphatic carbocycles. The van der Waals surface area contributed by atoms with Gasteiger partial charge in [0.25, 0.3) is 10.2 Å². The molecule has 0 unspecified atom stereocenters. The average molecular weight is 206 g/mol.